The van der Waals surface area contributed by atoms with Gasteiger partial charge in [-0.05, 0) is 43.9 Å². The second kappa shape index (κ2) is 3.23. The number of hydrogen-bond acceptors (Lipinski definition) is 2. The van der Waals surface area contributed by atoms with Crippen LogP contribution < -0.4 is 0 Å². The van der Waals surface area contributed by atoms with Crippen LogP contribution in [0.25, 0.3) is 0 Å². The van der Waals surface area contributed by atoms with Crippen molar-refractivity contribution in [2.75, 3.05) is 6.54 Å². The average molecular weight is 204 g/mol. The number of carbonyl (C=O) groups is 1. The van der Waals surface area contributed by atoms with Gasteiger partial charge >= 0.3 is 0 Å². The summed E-state index contributed by atoms with van der Waals surface area (Å²) in [6.07, 6.45) is 5.42. The van der Waals surface area contributed by atoms with Crippen LogP contribution in [0.2, 0.25) is 0 Å². The van der Waals surface area contributed by atoms with Crippen molar-refractivity contribution in [3.63, 3.8) is 0 Å². The molecule has 3 fully saturated rings. The summed E-state index contributed by atoms with van der Waals surface area (Å²) in [7, 11) is 0. The summed E-state index contributed by atoms with van der Waals surface area (Å²) in [5, 5.41) is 8.95. The molecule has 3 heteroatoms. The zero-order chi connectivity index (χ0) is 10.4. The molecule has 2 saturated carbocycles. The van der Waals surface area contributed by atoms with Gasteiger partial charge in [-0.1, -0.05) is 0 Å². The molecule has 0 aromatic heterocycles. The summed E-state index contributed by atoms with van der Waals surface area (Å²) in [6.45, 7) is 0.808. The van der Waals surface area contributed by atoms with Gasteiger partial charge in [0.2, 0.25) is 5.91 Å². The lowest BCUT2D eigenvalue weighted by atomic mass is 10.0. The molecule has 3 rings (SSSR count). The van der Waals surface area contributed by atoms with Crippen molar-refractivity contribution in [3.8, 4) is 6.07 Å². The van der Waals surface area contributed by atoms with Crippen LogP contribution in [0.4, 0.5) is 0 Å². The van der Waals surface area contributed by atoms with Gasteiger partial charge < -0.3 is 4.90 Å². The highest BCUT2D eigenvalue weighted by Gasteiger charge is 2.49. The number of rotatable bonds is 1. The summed E-state index contributed by atoms with van der Waals surface area (Å²) in [5.41, 5.74) is 0. The fourth-order valence-electron chi connectivity index (χ4n) is 3.32. The molecule has 80 valence electrons. The molecule has 0 radical (unpaired) electrons. The summed E-state index contributed by atoms with van der Waals surface area (Å²) in [6, 6.07) is 2.12. The first-order chi connectivity index (χ1) is 7.29. The number of hydrogen-bond donors (Lipinski definition) is 0. The van der Waals surface area contributed by atoms with Crippen LogP contribution in [0.5, 0.6) is 0 Å². The highest BCUT2D eigenvalue weighted by molar-refractivity contribution is 5.80. The third kappa shape index (κ3) is 1.43. The minimum absolute atomic E-state index is 0.130. The van der Waals surface area contributed by atoms with Gasteiger partial charge in [0.05, 0.1) is 6.07 Å². The van der Waals surface area contributed by atoms with Crippen LogP contribution in [0.15, 0.2) is 0 Å². The lowest BCUT2D eigenvalue weighted by molar-refractivity contribution is -0.135. The molecular weight excluding hydrogens is 188 g/mol. The van der Waals surface area contributed by atoms with E-state index in [0.29, 0.717) is 0 Å². The third-order valence-electron chi connectivity index (χ3n) is 4.28. The second-order valence-electron chi connectivity index (χ2n) is 5.24. The maximum atomic E-state index is 12.2. The van der Waals surface area contributed by atoms with E-state index in [4.69, 9.17) is 5.26 Å². The first kappa shape index (κ1) is 9.21. The number of carbonyl (C=O) groups excluding carboxylic acids is 1. The van der Waals surface area contributed by atoms with Gasteiger partial charge in [-0.2, -0.15) is 5.26 Å². The van der Waals surface area contributed by atoms with Gasteiger partial charge in [0.1, 0.15) is 6.04 Å². The van der Waals surface area contributed by atoms with Gasteiger partial charge in [-0.15, -0.1) is 0 Å². The minimum Gasteiger partial charge on any atom is -0.326 e. The monoisotopic (exact) mass is 204 g/mol. The summed E-state index contributed by atoms with van der Waals surface area (Å²) >= 11 is 0. The molecule has 3 aliphatic rings. The summed E-state index contributed by atoms with van der Waals surface area (Å²) in [5.74, 6) is 2.22. The lowest BCUT2D eigenvalue weighted by Gasteiger charge is -2.23. The Labute approximate surface area is 90.1 Å². The number of nitriles is 1. The number of nitrogens with zero attached hydrogens (tertiary/aromatic N) is 2. The SMILES string of the molecule is N#CC1CCCN1C(=O)C1CC2CC2C1. The molecule has 0 spiro atoms. The second-order valence-corrected chi connectivity index (χ2v) is 5.24. The van der Waals surface area contributed by atoms with E-state index in [1.54, 1.807) is 0 Å². The molecule has 2 aliphatic carbocycles. The van der Waals surface area contributed by atoms with Crippen LogP contribution in [0.1, 0.15) is 32.1 Å². The highest BCUT2D eigenvalue weighted by atomic mass is 16.2. The van der Waals surface area contributed by atoms with Crippen molar-refractivity contribution in [1.29, 1.82) is 5.26 Å². The Morgan fingerprint density at radius 3 is 2.67 bits per heavy atom. The Balaban J connectivity index is 1.66. The van der Waals surface area contributed by atoms with E-state index in [1.807, 2.05) is 4.90 Å². The van der Waals surface area contributed by atoms with Crippen LogP contribution in [-0.2, 0) is 4.79 Å². The van der Waals surface area contributed by atoms with Crippen molar-refractivity contribution in [1.82, 2.24) is 4.90 Å². The molecular formula is C12H16N2O. The molecule has 0 bridgehead atoms. The predicted octanol–water partition coefficient (Wildman–Crippen LogP) is 1.55. The Kier molecular flexibility index (Phi) is 1.98. The topological polar surface area (TPSA) is 44.1 Å². The Morgan fingerprint density at radius 2 is 2.00 bits per heavy atom. The average Bonchev–Trinajstić information content (AvgIpc) is 2.72. The predicted molar refractivity (Wildman–Crippen MR) is 54.7 cm³/mol. The largest absolute Gasteiger partial charge is 0.326 e. The molecule has 3 nitrogen and oxygen atoms in total. The highest BCUT2D eigenvalue weighted by Crippen LogP contribution is 2.54. The van der Waals surface area contributed by atoms with Gasteiger partial charge in [0.25, 0.3) is 0 Å². The van der Waals surface area contributed by atoms with E-state index < -0.39 is 0 Å². The van der Waals surface area contributed by atoms with Crippen molar-refractivity contribution >= 4 is 5.91 Å². The molecule has 1 amide bonds. The Morgan fingerprint density at radius 1 is 1.27 bits per heavy atom. The standard InChI is InChI=1S/C12H16N2O/c13-7-11-2-1-3-14(11)12(15)10-5-8-4-9(8)6-10/h8-11H,1-6H2. The number of likely N-dealkylation sites (tertiary alicyclic amines) is 1. The molecule has 15 heavy (non-hydrogen) atoms. The van der Waals surface area contributed by atoms with Crippen LogP contribution in [0.3, 0.4) is 0 Å². The van der Waals surface area contributed by atoms with Crippen LogP contribution in [0, 0.1) is 29.1 Å². The van der Waals surface area contributed by atoms with E-state index in [1.165, 1.54) is 6.42 Å². The van der Waals surface area contributed by atoms with Gasteiger partial charge in [-0.3, -0.25) is 4.79 Å². The number of fused-ring (bicyclic) bond motifs is 1. The molecule has 1 saturated heterocycles. The smallest absolute Gasteiger partial charge is 0.226 e. The van der Waals surface area contributed by atoms with E-state index in [2.05, 4.69) is 6.07 Å². The van der Waals surface area contributed by atoms with E-state index in [9.17, 15) is 4.79 Å². The molecule has 1 heterocycles. The van der Waals surface area contributed by atoms with E-state index >= 15 is 0 Å². The molecule has 0 N–H and O–H groups in total. The first-order valence-electron chi connectivity index (χ1n) is 5.99. The zero-order valence-electron chi connectivity index (χ0n) is 8.85. The first-order valence-corrected chi connectivity index (χ1v) is 5.99. The van der Waals surface area contributed by atoms with E-state index in [0.717, 1.165) is 44.1 Å². The van der Waals surface area contributed by atoms with Crippen molar-refractivity contribution in [2.45, 2.75) is 38.1 Å². The maximum Gasteiger partial charge on any atom is 0.226 e. The summed E-state index contributed by atoms with van der Waals surface area (Å²) in [4.78, 5) is 14.0. The molecule has 1 aliphatic heterocycles. The van der Waals surface area contributed by atoms with E-state index in [-0.39, 0.29) is 17.9 Å². The van der Waals surface area contributed by atoms with Crippen molar-refractivity contribution < 1.29 is 4.79 Å². The fraction of sp³-hybridized carbons (Fsp3) is 0.833. The Bertz CT molecular complexity index is 323. The lowest BCUT2D eigenvalue weighted by Crippen LogP contribution is -2.38. The quantitative estimate of drug-likeness (QED) is 0.650. The van der Waals surface area contributed by atoms with Gasteiger partial charge in [0.15, 0.2) is 0 Å². The van der Waals surface area contributed by atoms with Gasteiger partial charge in [-0.25, -0.2) is 0 Å². The van der Waals surface area contributed by atoms with Crippen LogP contribution in [-0.4, -0.2) is 23.4 Å². The third-order valence-corrected chi connectivity index (χ3v) is 4.28. The zero-order valence-corrected chi connectivity index (χ0v) is 8.85. The van der Waals surface area contributed by atoms with Gasteiger partial charge in [0, 0.05) is 12.5 Å². The normalized spacial score (nSPS) is 42.5. The van der Waals surface area contributed by atoms with Crippen molar-refractivity contribution in [3.05, 3.63) is 0 Å². The summed E-state index contributed by atoms with van der Waals surface area (Å²) < 4.78 is 0. The molecule has 3 unspecified atom stereocenters. The van der Waals surface area contributed by atoms with Crippen LogP contribution >= 0.6 is 0 Å². The minimum atomic E-state index is -0.130. The maximum absolute atomic E-state index is 12.2. The molecule has 3 atom stereocenters. The molecule has 0 aromatic carbocycles. The van der Waals surface area contributed by atoms with Crippen molar-refractivity contribution in [2.24, 2.45) is 17.8 Å². The number of amides is 1. The Hall–Kier alpha value is -1.04. The fourth-order valence-corrected chi connectivity index (χ4v) is 3.32. The molecule has 0 aromatic rings.